The van der Waals surface area contributed by atoms with Crippen molar-refractivity contribution in [3.8, 4) is 0 Å². The third-order valence-corrected chi connectivity index (χ3v) is 4.66. The third-order valence-electron chi connectivity index (χ3n) is 4.20. The summed E-state index contributed by atoms with van der Waals surface area (Å²) in [5.74, 6) is -0.197. The van der Waals surface area contributed by atoms with Crippen molar-refractivity contribution in [2.75, 3.05) is 14.2 Å². The first-order chi connectivity index (χ1) is 9.09. The molecule has 2 nitrogen and oxygen atoms in total. The molecule has 1 fully saturated rings. The molecule has 106 valence electrons. The van der Waals surface area contributed by atoms with Gasteiger partial charge in [0.2, 0.25) is 0 Å². The molecule has 1 N–H and O–H groups in total. The monoisotopic (exact) mass is 329 g/mol. The molecule has 19 heavy (non-hydrogen) atoms. The zero-order valence-corrected chi connectivity index (χ0v) is 13.1. The summed E-state index contributed by atoms with van der Waals surface area (Å²) in [6, 6.07) is 5.28. The van der Waals surface area contributed by atoms with Crippen LogP contribution in [0.25, 0.3) is 0 Å². The Labute approximate surface area is 122 Å². The molecule has 0 spiro atoms. The number of hydrogen-bond acceptors (Lipinski definition) is 2. The van der Waals surface area contributed by atoms with Gasteiger partial charge in [-0.2, -0.15) is 0 Å². The van der Waals surface area contributed by atoms with Gasteiger partial charge in [0.15, 0.2) is 0 Å². The van der Waals surface area contributed by atoms with Crippen molar-refractivity contribution >= 4 is 15.9 Å². The zero-order chi connectivity index (χ0) is 13.9. The molecule has 0 amide bonds. The summed E-state index contributed by atoms with van der Waals surface area (Å²) in [5.41, 5.74) is 0.891. The number of halogens is 2. The Kier molecular flexibility index (Phi) is 4.98. The Bertz CT molecular complexity index is 412. The van der Waals surface area contributed by atoms with Crippen LogP contribution in [0, 0.1) is 5.82 Å². The van der Waals surface area contributed by atoms with E-state index in [0.29, 0.717) is 0 Å². The molecular formula is C15H21BrFNO. The van der Waals surface area contributed by atoms with E-state index in [1.165, 1.54) is 18.9 Å². The molecule has 1 aliphatic rings. The molecule has 0 aromatic heterocycles. The molecule has 0 saturated heterocycles. The average molecular weight is 330 g/mol. The Morgan fingerprint density at radius 3 is 2.58 bits per heavy atom. The number of likely N-dealkylation sites (N-methyl/N-ethyl adjacent to an activating group) is 1. The molecule has 0 bridgehead atoms. The second-order valence-electron chi connectivity index (χ2n) is 5.30. The van der Waals surface area contributed by atoms with Crippen molar-refractivity contribution in [2.45, 2.75) is 43.7 Å². The molecule has 1 aromatic carbocycles. The van der Waals surface area contributed by atoms with Gasteiger partial charge in [-0.15, -0.1) is 0 Å². The van der Waals surface area contributed by atoms with Gasteiger partial charge >= 0.3 is 0 Å². The van der Waals surface area contributed by atoms with Crippen LogP contribution in [0.1, 0.15) is 31.2 Å². The van der Waals surface area contributed by atoms with Crippen molar-refractivity contribution < 1.29 is 9.13 Å². The summed E-state index contributed by atoms with van der Waals surface area (Å²) in [4.78, 5) is 0. The predicted octanol–water partition coefficient (Wildman–Crippen LogP) is 3.68. The summed E-state index contributed by atoms with van der Waals surface area (Å²) in [7, 11) is 3.75. The fourth-order valence-corrected chi connectivity index (χ4v) is 3.70. The summed E-state index contributed by atoms with van der Waals surface area (Å²) in [6.07, 6.45) is 5.34. The SMILES string of the molecule is CNC(Cc1cc(F)cc(Br)c1)C1(OC)CCCC1. The molecule has 0 aliphatic heterocycles. The first-order valence-corrected chi connectivity index (χ1v) is 7.56. The van der Waals surface area contributed by atoms with Crippen LogP contribution in [0.4, 0.5) is 4.39 Å². The third kappa shape index (κ3) is 3.36. The summed E-state index contributed by atoms with van der Waals surface area (Å²) >= 11 is 3.35. The van der Waals surface area contributed by atoms with Crippen LogP contribution in [-0.4, -0.2) is 25.8 Å². The van der Waals surface area contributed by atoms with Crippen LogP contribution >= 0.6 is 15.9 Å². The Balaban J connectivity index is 2.18. The van der Waals surface area contributed by atoms with Crippen molar-refractivity contribution in [1.29, 1.82) is 0 Å². The van der Waals surface area contributed by atoms with Crippen molar-refractivity contribution in [3.63, 3.8) is 0 Å². The van der Waals surface area contributed by atoms with Crippen molar-refractivity contribution in [1.82, 2.24) is 5.32 Å². The number of methoxy groups -OCH3 is 1. The van der Waals surface area contributed by atoms with E-state index in [4.69, 9.17) is 4.74 Å². The molecule has 1 atom stereocenters. The largest absolute Gasteiger partial charge is 0.377 e. The Morgan fingerprint density at radius 1 is 1.37 bits per heavy atom. The van der Waals surface area contributed by atoms with Gasteiger partial charge < -0.3 is 10.1 Å². The highest BCUT2D eigenvalue weighted by Gasteiger charge is 2.40. The maximum Gasteiger partial charge on any atom is 0.124 e. The highest BCUT2D eigenvalue weighted by molar-refractivity contribution is 9.10. The smallest absolute Gasteiger partial charge is 0.124 e. The second kappa shape index (κ2) is 6.33. The first-order valence-electron chi connectivity index (χ1n) is 6.77. The van der Waals surface area contributed by atoms with Crippen LogP contribution in [-0.2, 0) is 11.2 Å². The van der Waals surface area contributed by atoms with E-state index in [1.54, 1.807) is 13.2 Å². The van der Waals surface area contributed by atoms with Gasteiger partial charge in [0.25, 0.3) is 0 Å². The van der Waals surface area contributed by atoms with Gasteiger partial charge in [-0.05, 0) is 50.1 Å². The minimum atomic E-state index is -0.197. The van der Waals surface area contributed by atoms with E-state index in [2.05, 4.69) is 21.2 Å². The van der Waals surface area contributed by atoms with E-state index >= 15 is 0 Å². The number of rotatable bonds is 5. The minimum absolute atomic E-state index is 0.104. The van der Waals surface area contributed by atoms with Gasteiger partial charge in [-0.1, -0.05) is 28.8 Å². The average Bonchev–Trinajstić information content (AvgIpc) is 2.84. The predicted molar refractivity (Wildman–Crippen MR) is 78.9 cm³/mol. The molecule has 1 unspecified atom stereocenters. The number of hydrogen-bond donors (Lipinski definition) is 1. The fourth-order valence-electron chi connectivity index (χ4n) is 3.18. The molecular weight excluding hydrogens is 309 g/mol. The molecule has 0 radical (unpaired) electrons. The van der Waals surface area contributed by atoms with E-state index in [0.717, 1.165) is 29.3 Å². The van der Waals surface area contributed by atoms with Crippen LogP contribution in [0.2, 0.25) is 0 Å². The van der Waals surface area contributed by atoms with E-state index in [-0.39, 0.29) is 17.5 Å². The van der Waals surface area contributed by atoms with E-state index in [1.807, 2.05) is 13.1 Å². The van der Waals surface area contributed by atoms with Crippen LogP contribution < -0.4 is 5.32 Å². The van der Waals surface area contributed by atoms with E-state index < -0.39 is 0 Å². The summed E-state index contributed by atoms with van der Waals surface area (Å²) in [5, 5.41) is 3.36. The number of benzene rings is 1. The Morgan fingerprint density at radius 2 is 2.05 bits per heavy atom. The maximum absolute atomic E-state index is 13.5. The van der Waals surface area contributed by atoms with Gasteiger partial charge in [0.1, 0.15) is 5.82 Å². The van der Waals surface area contributed by atoms with Crippen LogP contribution in [0.15, 0.2) is 22.7 Å². The standard InChI is InChI=1S/C15H21BrFNO/c1-18-14(15(19-2)5-3-4-6-15)9-11-7-12(16)10-13(17)8-11/h7-8,10,14,18H,3-6,9H2,1-2H3. The zero-order valence-electron chi connectivity index (χ0n) is 11.5. The van der Waals surface area contributed by atoms with Crippen LogP contribution in [0.5, 0.6) is 0 Å². The minimum Gasteiger partial charge on any atom is -0.377 e. The molecule has 1 aliphatic carbocycles. The maximum atomic E-state index is 13.5. The van der Waals surface area contributed by atoms with Gasteiger partial charge in [0.05, 0.1) is 5.60 Å². The van der Waals surface area contributed by atoms with Crippen molar-refractivity contribution in [3.05, 3.63) is 34.1 Å². The first kappa shape index (κ1) is 14.9. The number of nitrogens with one attached hydrogen (secondary N) is 1. The molecule has 1 aromatic rings. The summed E-state index contributed by atoms with van der Waals surface area (Å²) < 4.78 is 20.1. The summed E-state index contributed by atoms with van der Waals surface area (Å²) in [6.45, 7) is 0. The molecule has 4 heteroatoms. The lowest BCUT2D eigenvalue weighted by molar-refractivity contribution is -0.0336. The second-order valence-corrected chi connectivity index (χ2v) is 6.21. The van der Waals surface area contributed by atoms with E-state index in [9.17, 15) is 4.39 Å². The normalized spacial score (nSPS) is 19.6. The van der Waals surface area contributed by atoms with Gasteiger partial charge in [-0.25, -0.2) is 4.39 Å². The lowest BCUT2D eigenvalue weighted by Gasteiger charge is -2.36. The lowest BCUT2D eigenvalue weighted by atomic mass is 9.87. The quantitative estimate of drug-likeness (QED) is 0.889. The molecule has 1 saturated carbocycles. The van der Waals surface area contributed by atoms with Gasteiger partial charge in [0, 0.05) is 17.6 Å². The highest BCUT2D eigenvalue weighted by atomic mass is 79.9. The van der Waals surface area contributed by atoms with Crippen LogP contribution in [0.3, 0.4) is 0 Å². The highest BCUT2D eigenvalue weighted by Crippen LogP contribution is 2.37. The topological polar surface area (TPSA) is 21.3 Å². The fraction of sp³-hybridized carbons (Fsp3) is 0.600. The molecule has 2 rings (SSSR count). The Hall–Kier alpha value is -0.450. The lowest BCUT2D eigenvalue weighted by Crippen LogP contribution is -2.50. The molecule has 0 heterocycles. The number of ether oxygens (including phenoxy) is 1. The van der Waals surface area contributed by atoms with Crippen molar-refractivity contribution in [2.24, 2.45) is 0 Å². The van der Waals surface area contributed by atoms with Gasteiger partial charge in [-0.3, -0.25) is 0 Å².